The number of hydrogen-bond acceptors (Lipinski definition) is 16. The van der Waals surface area contributed by atoms with Crippen LogP contribution in [0.2, 0.25) is 0 Å². The SMILES string of the molecule is CCNc1nc(Nc2ccccc2)nc(Nc2ccc(C=Cc3ccc(Nc4nc(NCC)nc(Nc5ccccc5)n4)cc3S(=O)(=O)O)c(S(=O)(=O)O)c2)n1.[Na].[Na]. The van der Waals surface area contributed by atoms with Gasteiger partial charge in [-0.05, 0) is 73.5 Å². The number of benzene rings is 4. The van der Waals surface area contributed by atoms with Gasteiger partial charge in [0, 0.05) is 95.0 Å². The van der Waals surface area contributed by atoms with Gasteiger partial charge in [-0.1, -0.05) is 60.7 Å². The molecule has 0 atom stereocenters. The molecule has 290 valence electrons. The molecule has 2 heterocycles. The second-order valence-electron chi connectivity index (χ2n) is 11.7. The van der Waals surface area contributed by atoms with Crippen LogP contribution in [0.1, 0.15) is 25.0 Å². The van der Waals surface area contributed by atoms with Crippen LogP contribution in [0.3, 0.4) is 0 Å². The van der Waals surface area contributed by atoms with E-state index in [0.29, 0.717) is 13.1 Å². The largest absolute Gasteiger partial charge is 0.354 e. The van der Waals surface area contributed by atoms with Gasteiger partial charge in [-0.15, -0.1) is 0 Å². The summed E-state index contributed by atoms with van der Waals surface area (Å²) in [6.45, 7) is 4.78. The number of aromatic nitrogens is 6. The minimum atomic E-state index is -4.81. The van der Waals surface area contributed by atoms with Crippen LogP contribution in [0.25, 0.3) is 12.2 Å². The molecular formula is C36H36N12Na2O6S2. The van der Waals surface area contributed by atoms with Crippen molar-refractivity contribution in [2.75, 3.05) is 45.0 Å². The van der Waals surface area contributed by atoms with Crippen LogP contribution < -0.4 is 31.9 Å². The van der Waals surface area contributed by atoms with Gasteiger partial charge < -0.3 is 31.9 Å². The fourth-order valence-corrected chi connectivity index (χ4v) is 6.55. The first-order chi connectivity index (χ1) is 26.9. The van der Waals surface area contributed by atoms with E-state index < -0.39 is 30.0 Å². The minimum Gasteiger partial charge on any atom is -0.354 e. The average molecular weight is 843 g/mol. The van der Waals surface area contributed by atoms with Gasteiger partial charge in [0.15, 0.2) is 0 Å². The van der Waals surface area contributed by atoms with Gasteiger partial charge in [-0.3, -0.25) is 9.11 Å². The van der Waals surface area contributed by atoms with E-state index in [-0.39, 0.29) is 117 Å². The Kier molecular flexibility index (Phi) is 16.5. The molecule has 18 nitrogen and oxygen atoms in total. The summed E-state index contributed by atoms with van der Waals surface area (Å²) in [5.41, 5.74) is 1.90. The second kappa shape index (κ2) is 20.8. The molecule has 22 heteroatoms. The maximum atomic E-state index is 12.6. The minimum absolute atomic E-state index is 0. The normalized spacial score (nSPS) is 11.2. The standard InChI is InChI=1S/C36H36N12O6S2.2Na/c1-3-37-31-43-33(39-25-11-7-5-8-12-25)47-35(45-31)41-27-19-17-23(29(21-27)55(49,50)51)15-16-24-18-20-28(22-30(24)56(52,53)54)42-36-46-32(38-4-2)44-34(48-36)40-26-13-9-6-10-14-26;;/h5-22H,3-4H2,1-2H3,(H,49,50,51)(H,52,53,54)(H3,37,39,41,43,45,47)(H3,38,40,42,44,46,48);;. The van der Waals surface area contributed by atoms with Crippen LogP contribution >= 0.6 is 0 Å². The second-order valence-corrected chi connectivity index (χ2v) is 14.5. The van der Waals surface area contributed by atoms with Crippen molar-refractivity contribution in [3.63, 3.8) is 0 Å². The van der Waals surface area contributed by atoms with Crippen molar-refractivity contribution >= 4 is 150 Å². The Morgan fingerprint density at radius 3 is 1.09 bits per heavy atom. The van der Waals surface area contributed by atoms with Crippen molar-refractivity contribution in [3.8, 4) is 0 Å². The molecule has 0 unspecified atom stereocenters. The summed E-state index contributed by atoms with van der Waals surface area (Å²) >= 11 is 0. The van der Waals surface area contributed by atoms with E-state index in [9.17, 15) is 25.9 Å². The van der Waals surface area contributed by atoms with E-state index in [2.05, 4.69) is 61.8 Å². The molecule has 2 radical (unpaired) electrons. The Morgan fingerprint density at radius 2 is 0.776 bits per heavy atom. The van der Waals surface area contributed by atoms with E-state index in [0.717, 1.165) is 11.4 Å². The van der Waals surface area contributed by atoms with Crippen molar-refractivity contribution in [3.05, 3.63) is 108 Å². The van der Waals surface area contributed by atoms with Crippen LogP contribution in [0, 0.1) is 0 Å². The maximum absolute atomic E-state index is 12.6. The zero-order valence-corrected chi connectivity index (χ0v) is 37.5. The molecule has 0 saturated heterocycles. The van der Waals surface area contributed by atoms with Crippen LogP contribution in [-0.2, 0) is 20.2 Å². The first-order valence-electron chi connectivity index (χ1n) is 17.0. The van der Waals surface area contributed by atoms with Gasteiger partial charge in [0.2, 0.25) is 35.7 Å². The number of nitrogens with one attached hydrogen (secondary N) is 6. The third-order valence-corrected chi connectivity index (χ3v) is 9.36. The summed E-state index contributed by atoms with van der Waals surface area (Å²) in [5, 5.41) is 18.1. The van der Waals surface area contributed by atoms with Crippen LogP contribution in [-0.4, -0.2) is 128 Å². The van der Waals surface area contributed by atoms with Crippen LogP contribution in [0.4, 0.5) is 58.4 Å². The van der Waals surface area contributed by atoms with Crippen molar-refractivity contribution in [1.82, 2.24) is 29.9 Å². The third-order valence-electron chi connectivity index (χ3n) is 7.54. The summed E-state index contributed by atoms with van der Waals surface area (Å²) in [4.78, 5) is 25.1. The Labute approximate surface area is 379 Å². The maximum Gasteiger partial charge on any atom is 0.295 e. The molecule has 0 aliphatic rings. The number of anilines is 10. The fraction of sp³-hybridized carbons (Fsp3) is 0.111. The van der Waals surface area contributed by atoms with Gasteiger partial charge in [0.05, 0.1) is 0 Å². The monoisotopic (exact) mass is 842 g/mol. The predicted octanol–water partition coefficient (Wildman–Crippen LogP) is 5.80. The van der Waals surface area contributed by atoms with Crippen LogP contribution in [0.5, 0.6) is 0 Å². The third kappa shape index (κ3) is 12.9. The van der Waals surface area contributed by atoms with Gasteiger partial charge in [-0.2, -0.15) is 46.7 Å². The molecule has 0 saturated carbocycles. The number of hydrogen-bond donors (Lipinski definition) is 8. The molecule has 4 aromatic carbocycles. The van der Waals surface area contributed by atoms with Crippen molar-refractivity contribution in [2.24, 2.45) is 0 Å². The molecule has 0 fully saturated rings. The Bertz CT molecular complexity index is 2420. The van der Waals surface area contributed by atoms with E-state index in [4.69, 9.17) is 0 Å². The molecule has 2 aromatic heterocycles. The molecule has 0 bridgehead atoms. The molecular weight excluding hydrogens is 807 g/mol. The topological polar surface area (TPSA) is 258 Å². The number of rotatable bonds is 16. The molecule has 8 N–H and O–H groups in total. The summed E-state index contributed by atoms with van der Waals surface area (Å²) < 4.78 is 70.6. The van der Waals surface area contributed by atoms with Crippen molar-refractivity contribution in [1.29, 1.82) is 0 Å². The smallest absolute Gasteiger partial charge is 0.295 e. The summed E-state index contributed by atoms with van der Waals surface area (Å²) in [5.74, 6) is 1.08. The molecule has 0 aliphatic heterocycles. The first kappa shape index (κ1) is 46.0. The zero-order valence-electron chi connectivity index (χ0n) is 31.8. The fourth-order valence-electron chi connectivity index (χ4n) is 5.14. The first-order valence-corrected chi connectivity index (χ1v) is 19.8. The Morgan fingerprint density at radius 1 is 0.466 bits per heavy atom. The van der Waals surface area contributed by atoms with E-state index in [1.165, 1.54) is 48.6 Å². The Hall–Kier alpha value is -4.74. The van der Waals surface area contributed by atoms with Crippen molar-refractivity contribution in [2.45, 2.75) is 23.6 Å². The van der Waals surface area contributed by atoms with E-state index >= 15 is 0 Å². The number of para-hydroxylation sites is 2. The molecule has 6 aromatic rings. The van der Waals surface area contributed by atoms with Gasteiger partial charge in [0.1, 0.15) is 9.79 Å². The summed E-state index contributed by atoms with van der Waals surface area (Å²) in [6, 6.07) is 26.6. The van der Waals surface area contributed by atoms with Gasteiger partial charge >= 0.3 is 0 Å². The zero-order chi connectivity index (χ0) is 39.7. The Balaban J connectivity index is 0.00000372. The number of nitrogens with zero attached hydrogens (tertiary/aromatic N) is 6. The van der Waals surface area contributed by atoms with Crippen LogP contribution in [0.15, 0.2) is 107 Å². The summed E-state index contributed by atoms with van der Waals surface area (Å²) in [7, 11) is -9.61. The molecule has 0 aliphatic carbocycles. The average Bonchev–Trinajstić information content (AvgIpc) is 3.15. The van der Waals surface area contributed by atoms with E-state index in [1.54, 1.807) is 0 Å². The van der Waals surface area contributed by atoms with E-state index in [1.807, 2.05) is 74.5 Å². The predicted molar refractivity (Wildman–Crippen MR) is 227 cm³/mol. The van der Waals surface area contributed by atoms with Gasteiger partial charge in [0.25, 0.3) is 20.2 Å². The molecule has 0 spiro atoms. The summed E-state index contributed by atoms with van der Waals surface area (Å²) in [6.07, 6.45) is 2.57. The quantitative estimate of drug-likeness (QED) is 0.0325. The molecule has 0 amide bonds. The van der Waals surface area contributed by atoms with Crippen molar-refractivity contribution < 1.29 is 25.9 Å². The van der Waals surface area contributed by atoms with Gasteiger partial charge in [-0.25, -0.2) is 0 Å². The molecule has 6 rings (SSSR count). The molecule has 58 heavy (non-hydrogen) atoms.